The van der Waals surface area contributed by atoms with E-state index in [0.29, 0.717) is 17.9 Å². The molecule has 0 bridgehead atoms. The first-order valence-corrected chi connectivity index (χ1v) is 10.6. The van der Waals surface area contributed by atoms with Crippen molar-refractivity contribution in [3.05, 3.63) is 54.0 Å². The second-order valence-electron chi connectivity index (χ2n) is 7.94. The zero-order valence-corrected chi connectivity index (χ0v) is 18.4. The van der Waals surface area contributed by atoms with Crippen LogP contribution in [0.5, 0.6) is 0 Å². The van der Waals surface area contributed by atoms with Gasteiger partial charge in [0.1, 0.15) is 6.54 Å². The highest BCUT2D eigenvalue weighted by Crippen LogP contribution is 2.26. The third kappa shape index (κ3) is 4.98. The summed E-state index contributed by atoms with van der Waals surface area (Å²) in [5.74, 6) is 0.245. The lowest BCUT2D eigenvalue weighted by atomic mass is 10.1. The second-order valence-corrected chi connectivity index (χ2v) is 7.94. The summed E-state index contributed by atoms with van der Waals surface area (Å²) in [6.07, 6.45) is 6.59. The number of carbonyl (C=O) groups is 2. The maximum Gasteiger partial charge on any atom is 0.252 e. The third-order valence-corrected chi connectivity index (χ3v) is 5.59. The summed E-state index contributed by atoms with van der Waals surface area (Å²) >= 11 is 0. The van der Waals surface area contributed by atoms with Crippen LogP contribution in [0, 0.1) is 18.3 Å². The highest BCUT2D eigenvalue weighted by Gasteiger charge is 2.25. The van der Waals surface area contributed by atoms with E-state index in [1.54, 1.807) is 29.4 Å². The number of hydrogen-bond acceptors (Lipinski definition) is 7. The van der Waals surface area contributed by atoms with Gasteiger partial charge in [-0.3, -0.25) is 14.3 Å². The molecule has 0 saturated carbocycles. The van der Waals surface area contributed by atoms with Crippen molar-refractivity contribution in [2.75, 3.05) is 25.5 Å². The van der Waals surface area contributed by atoms with Crippen LogP contribution in [-0.2, 0) is 4.79 Å². The molecule has 2 aromatic heterocycles. The molecule has 1 atom stereocenters. The predicted molar refractivity (Wildman–Crippen MR) is 122 cm³/mol. The van der Waals surface area contributed by atoms with E-state index in [2.05, 4.69) is 25.7 Å². The van der Waals surface area contributed by atoms with E-state index in [9.17, 15) is 9.59 Å². The molecule has 1 fully saturated rings. The van der Waals surface area contributed by atoms with Crippen LogP contribution >= 0.6 is 0 Å². The van der Waals surface area contributed by atoms with E-state index in [-0.39, 0.29) is 24.4 Å². The number of hydrogen-bond donors (Lipinski definition) is 2. The summed E-state index contributed by atoms with van der Waals surface area (Å²) in [5, 5.41) is 18.7. The Hall–Kier alpha value is -4.26. The number of aromatic nitrogens is 4. The molecule has 168 valence electrons. The Kier molecular flexibility index (Phi) is 6.31. The molecule has 3 aromatic rings. The van der Waals surface area contributed by atoms with Gasteiger partial charge >= 0.3 is 0 Å². The summed E-state index contributed by atoms with van der Waals surface area (Å²) in [6.45, 7) is 2.60. The van der Waals surface area contributed by atoms with Crippen molar-refractivity contribution >= 4 is 23.5 Å². The SMILES string of the molecule is Cc1cnc(Nc2cnn(C3CCN(C)C(=O)C3)c2)nc1-c1ccc(C(=O)NCC#N)cc1. The van der Waals surface area contributed by atoms with E-state index in [1.807, 2.05) is 43.1 Å². The van der Waals surface area contributed by atoms with E-state index < -0.39 is 0 Å². The van der Waals surface area contributed by atoms with Crippen molar-refractivity contribution in [2.24, 2.45) is 0 Å². The number of rotatable bonds is 6. The molecule has 4 rings (SSSR count). The molecule has 10 heteroatoms. The number of benzene rings is 1. The van der Waals surface area contributed by atoms with Crippen LogP contribution in [0.25, 0.3) is 11.3 Å². The van der Waals surface area contributed by atoms with Gasteiger partial charge in [-0.05, 0) is 31.0 Å². The highest BCUT2D eigenvalue weighted by molar-refractivity contribution is 5.94. The maximum atomic E-state index is 12.0. The number of piperidine rings is 1. The van der Waals surface area contributed by atoms with Gasteiger partial charge < -0.3 is 15.5 Å². The van der Waals surface area contributed by atoms with Crippen molar-refractivity contribution in [1.29, 1.82) is 5.26 Å². The van der Waals surface area contributed by atoms with E-state index in [1.165, 1.54) is 0 Å². The molecule has 1 aliphatic rings. The summed E-state index contributed by atoms with van der Waals surface area (Å²) < 4.78 is 1.82. The summed E-state index contributed by atoms with van der Waals surface area (Å²) in [4.78, 5) is 34.8. The number of nitrogens with zero attached hydrogens (tertiary/aromatic N) is 6. The second kappa shape index (κ2) is 9.48. The molecule has 2 N–H and O–H groups in total. The van der Waals surface area contributed by atoms with Crippen molar-refractivity contribution in [1.82, 2.24) is 30.0 Å². The summed E-state index contributed by atoms with van der Waals surface area (Å²) in [6, 6.07) is 8.95. The number of carbonyl (C=O) groups excluding carboxylic acids is 2. The summed E-state index contributed by atoms with van der Waals surface area (Å²) in [7, 11) is 1.82. The zero-order chi connectivity index (χ0) is 23.4. The Balaban J connectivity index is 1.48. The topological polar surface area (TPSA) is 129 Å². The molecule has 1 aromatic carbocycles. The predicted octanol–water partition coefficient (Wildman–Crippen LogP) is 2.44. The van der Waals surface area contributed by atoms with Crippen LogP contribution in [-0.4, -0.2) is 56.6 Å². The summed E-state index contributed by atoms with van der Waals surface area (Å²) in [5.41, 5.74) is 3.68. The van der Waals surface area contributed by atoms with Crippen LogP contribution in [0.2, 0.25) is 0 Å². The van der Waals surface area contributed by atoms with Crippen LogP contribution in [0.4, 0.5) is 11.6 Å². The first-order chi connectivity index (χ1) is 15.9. The fraction of sp³-hybridized carbons (Fsp3) is 0.304. The minimum Gasteiger partial charge on any atom is -0.346 e. The maximum absolute atomic E-state index is 12.0. The average molecular weight is 444 g/mol. The minimum absolute atomic E-state index is 0.0364. The molecule has 0 spiro atoms. The molecule has 33 heavy (non-hydrogen) atoms. The Morgan fingerprint density at radius 2 is 2.06 bits per heavy atom. The van der Waals surface area contributed by atoms with Gasteiger partial charge in [-0.2, -0.15) is 10.4 Å². The monoisotopic (exact) mass is 444 g/mol. The van der Waals surface area contributed by atoms with Gasteiger partial charge in [0.2, 0.25) is 11.9 Å². The molecule has 0 aliphatic carbocycles. The van der Waals surface area contributed by atoms with Gasteiger partial charge in [0.05, 0.1) is 29.7 Å². The lowest BCUT2D eigenvalue weighted by molar-refractivity contribution is -0.133. The van der Waals surface area contributed by atoms with Crippen molar-refractivity contribution in [2.45, 2.75) is 25.8 Å². The van der Waals surface area contributed by atoms with Crippen LogP contribution in [0.15, 0.2) is 42.9 Å². The van der Waals surface area contributed by atoms with Gasteiger partial charge in [0.15, 0.2) is 0 Å². The quantitative estimate of drug-likeness (QED) is 0.559. The van der Waals surface area contributed by atoms with Crippen molar-refractivity contribution in [3.8, 4) is 17.3 Å². The first kappa shape index (κ1) is 22.0. The van der Waals surface area contributed by atoms with Crippen molar-refractivity contribution in [3.63, 3.8) is 0 Å². The first-order valence-electron chi connectivity index (χ1n) is 10.6. The molecule has 1 aliphatic heterocycles. The molecule has 1 unspecified atom stereocenters. The lowest BCUT2D eigenvalue weighted by Crippen LogP contribution is -2.36. The van der Waals surface area contributed by atoms with Crippen LogP contribution in [0.3, 0.4) is 0 Å². The van der Waals surface area contributed by atoms with Gasteiger partial charge in [0.25, 0.3) is 5.91 Å². The van der Waals surface area contributed by atoms with Gasteiger partial charge in [-0.25, -0.2) is 9.97 Å². The van der Waals surface area contributed by atoms with Gasteiger partial charge in [0, 0.05) is 43.5 Å². The normalized spacial score (nSPS) is 15.7. The number of anilines is 2. The van der Waals surface area contributed by atoms with Crippen LogP contribution < -0.4 is 10.6 Å². The highest BCUT2D eigenvalue weighted by atomic mass is 16.2. The molecule has 0 radical (unpaired) electrons. The third-order valence-electron chi connectivity index (χ3n) is 5.59. The van der Waals surface area contributed by atoms with Crippen molar-refractivity contribution < 1.29 is 9.59 Å². The fourth-order valence-corrected chi connectivity index (χ4v) is 3.68. The number of likely N-dealkylation sites (tertiary alicyclic amines) is 1. The molecular formula is C23H24N8O2. The largest absolute Gasteiger partial charge is 0.346 e. The van der Waals surface area contributed by atoms with Gasteiger partial charge in [-0.15, -0.1) is 0 Å². The molecular weight excluding hydrogens is 420 g/mol. The average Bonchev–Trinajstić information content (AvgIpc) is 3.29. The lowest BCUT2D eigenvalue weighted by Gasteiger charge is -2.28. The number of aryl methyl sites for hydroxylation is 1. The number of nitriles is 1. The Morgan fingerprint density at radius 1 is 1.27 bits per heavy atom. The smallest absolute Gasteiger partial charge is 0.252 e. The molecule has 3 heterocycles. The Bertz CT molecular complexity index is 1210. The molecule has 2 amide bonds. The zero-order valence-electron chi connectivity index (χ0n) is 18.4. The fourth-order valence-electron chi connectivity index (χ4n) is 3.68. The Morgan fingerprint density at radius 3 is 2.79 bits per heavy atom. The minimum atomic E-state index is -0.298. The number of amides is 2. The van der Waals surface area contributed by atoms with E-state index >= 15 is 0 Å². The van der Waals surface area contributed by atoms with Gasteiger partial charge in [-0.1, -0.05) is 12.1 Å². The number of nitrogens with one attached hydrogen (secondary N) is 2. The molecule has 1 saturated heterocycles. The standard InChI is InChI=1S/C23H24N8O2/c1-15-12-26-23(28-18-13-27-31(14-18)19-7-10-30(2)20(32)11-19)29-21(15)16-3-5-17(6-4-16)22(33)25-9-8-24/h3-6,12-14,19H,7,9-11H2,1-2H3,(H,25,33)(H,26,28,29). The van der Waals surface area contributed by atoms with Crippen LogP contribution in [0.1, 0.15) is 34.8 Å². The van der Waals surface area contributed by atoms with E-state index in [0.717, 1.165) is 35.5 Å². The Labute approximate surface area is 191 Å². The van der Waals surface area contributed by atoms with E-state index in [4.69, 9.17) is 5.26 Å². The molecule has 10 nitrogen and oxygen atoms in total.